The molecule has 3 heterocycles. The van der Waals surface area contributed by atoms with Crippen molar-refractivity contribution in [2.24, 2.45) is 0 Å². The maximum Gasteiger partial charge on any atom is 0.254 e. The number of pyridine rings is 2. The summed E-state index contributed by atoms with van der Waals surface area (Å²) in [6.45, 7) is 2.67. The van der Waals surface area contributed by atoms with Crippen molar-refractivity contribution in [3.8, 4) is 11.3 Å². The number of carbonyl (C=O) groups excluding carboxylic acids is 1. The number of nitrogens with zero attached hydrogens (tertiary/aromatic N) is 3. The van der Waals surface area contributed by atoms with Crippen molar-refractivity contribution >= 4 is 28.1 Å². The Morgan fingerprint density at radius 2 is 2.00 bits per heavy atom. The van der Waals surface area contributed by atoms with Crippen LogP contribution in [0.4, 0.5) is 0 Å². The van der Waals surface area contributed by atoms with E-state index in [2.05, 4.69) is 23.4 Å². The number of benzene rings is 1. The standard InChI is InChI=1S/C22H19N3OS/c1-15-9-11-27-21(15)14-25(2)22(26)18-12-20(16-6-5-10-23-13-16)24-19-8-4-3-7-17(18)19/h3-13H,14H2,1-2H3. The summed E-state index contributed by atoms with van der Waals surface area (Å²) >= 11 is 1.68. The predicted octanol–water partition coefficient (Wildman–Crippen LogP) is 4.94. The Kier molecular flexibility index (Phi) is 4.69. The zero-order chi connectivity index (χ0) is 18.8. The molecule has 0 aliphatic carbocycles. The van der Waals surface area contributed by atoms with Crippen LogP contribution in [0.3, 0.4) is 0 Å². The van der Waals surface area contributed by atoms with E-state index in [1.54, 1.807) is 28.6 Å². The molecule has 4 rings (SSSR count). The molecule has 4 aromatic rings. The maximum absolute atomic E-state index is 13.3. The van der Waals surface area contributed by atoms with Crippen LogP contribution in [0.2, 0.25) is 0 Å². The molecule has 1 aromatic carbocycles. The predicted molar refractivity (Wildman–Crippen MR) is 110 cm³/mol. The Balaban J connectivity index is 1.77. The fourth-order valence-corrected chi connectivity index (χ4v) is 4.03. The van der Waals surface area contributed by atoms with Crippen molar-refractivity contribution in [2.75, 3.05) is 7.05 Å². The molecule has 0 saturated carbocycles. The summed E-state index contributed by atoms with van der Waals surface area (Å²) in [6, 6.07) is 15.6. The molecule has 0 aliphatic heterocycles. The highest BCUT2D eigenvalue weighted by Crippen LogP contribution is 2.26. The number of carbonyl (C=O) groups is 1. The number of para-hydroxylation sites is 1. The number of hydrogen-bond acceptors (Lipinski definition) is 4. The van der Waals surface area contributed by atoms with Crippen LogP contribution in [0.15, 0.2) is 66.3 Å². The molecule has 0 saturated heterocycles. The molecule has 0 fully saturated rings. The van der Waals surface area contributed by atoms with Crippen LogP contribution in [0.1, 0.15) is 20.8 Å². The third-order valence-corrected chi connectivity index (χ3v) is 5.61. The molecule has 0 atom stereocenters. The van der Waals surface area contributed by atoms with Gasteiger partial charge < -0.3 is 4.90 Å². The summed E-state index contributed by atoms with van der Waals surface area (Å²) in [5.41, 5.74) is 4.34. The minimum Gasteiger partial charge on any atom is -0.337 e. The number of aryl methyl sites for hydroxylation is 1. The van der Waals surface area contributed by atoms with E-state index in [4.69, 9.17) is 4.98 Å². The van der Waals surface area contributed by atoms with Gasteiger partial charge in [0.25, 0.3) is 5.91 Å². The highest BCUT2D eigenvalue weighted by molar-refractivity contribution is 7.10. The smallest absolute Gasteiger partial charge is 0.254 e. The second kappa shape index (κ2) is 7.29. The van der Waals surface area contributed by atoms with Gasteiger partial charge in [0.1, 0.15) is 0 Å². The van der Waals surface area contributed by atoms with E-state index in [-0.39, 0.29) is 5.91 Å². The third kappa shape index (κ3) is 3.46. The van der Waals surface area contributed by atoms with Crippen molar-refractivity contribution in [2.45, 2.75) is 13.5 Å². The van der Waals surface area contributed by atoms with E-state index in [9.17, 15) is 4.79 Å². The van der Waals surface area contributed by atoms with E-state index in [0.717, 1.165) is 22.2 Å². The van der Waals surface area contributed by atoms with Gasteiger partial charge in [0.2, 0.25) is 0 Å². The van der Waals surface area contributed by atoms with Crippen LogP contribution >= 0.6 is 11.3 Å². The Morgan fingerprint density at radius 1 is 1.15 bits per heavy atom. The summed E-state index contributed by atoms with van der Waals surface area (Å²) in [5.74, 6) is -0.00783. The fraction of sp³-hybridized carbons (Fsp3) is 0.136. The van der Waals surface area contributed by atoms with Crippen LogP contribution < -0.4 is 0 Å². The van der Waals surface area contributed by atoms with Gasteiger partial charge in [-0.05, 0) is 48.2 Å². The van der Waals surface area contributed by atoms with Crippen molar-refractivity contribution < 1.29 is 4.79 Å². The van der Waals surface area contributed by atoms with Gasteiger partial charge in [-0.25, -0.2) is 4.98 Å². The first kappa shape index (κ1) is 17.4. The van der Waals surface area contributed by atoms with Gasteiger partial charge >= 0.3 is 0 Å². The summed E-state index contributed by atoms with van der Waals surface area (Å²) in [7, 11) is 1.85. The first-order chi connectivity index (χ1) is 13.1. The molecule has 1 amide bonds. The molecule has 27 heavy (non-hydrogen) atoms. The third-order valence-electron chi connectivity index (χ3n) is 4.60. The lowest BCUT2D eigenvalue weighted by Gasteiger charge is -2.19. The SMILES string of the molecule is Cc1ccsc1CN(C)C(=O)c1cc(-c2cccnc2)nc2ccccc12. The Hall–Kier alpha value is -3.05. The van der Waals surface area contributed by atoms with E-state index >= 15 is 0 Å². The van der Waals surface area contributed by atoms with Crippen LogP contribution in [0.25, 0.3) is 22.2 Å². The summed E-state index contributed by atoms with van der Waals surface area (Å²) in [5, 5.41) is 2.93. The number of hydrogen-bond donors (Lipinski definition) is 0. The average Bonchev–Trinajstić information content (AvgIpc) is 3.11. The van der Waals surface area contributed by atoms with Gasteiger partial charge in [-0.2, -0.15) is 0 Å². The Morgan fingerprint density at radius 3 is 2.74 bits per heavy atom. The molecule has 0 bridgehead atoms. The summed E-state index contributed by atoms with van der Waals surface area (Å²) in [6.07, 6.45) is 3.50. The second-order valence-electron chi connectivity index (χ2n) is 6.50. The number of amides is 1. The molecule has 134 valence electrons. The molecule has 0 aliphatic rings. The quantitative estimate of drug-likeness (QED) is 0.509. The number of aromatic nitrogens is 2. The zero-order valence-corrected chi connectivity index (χ0v) is 16.0. The number of rotatable bonds is 4. The van der Waals surface area contributed by atoms with E-state index in [1.807, 2.05) is 49.5 Å². The lowest BCUT2D eigenvalue weighted by atomic mass is 10.0. The lowest BCUT2D eigenvalue weighted by Crippen LogP contribution is -2.26. The molecule has 0 unspecified atom stereocenters. The molecule has 0 spiro atoms. The highest BCUT2D eigenvalue weighted by atomic mass is 32.1. The van der Waals surface area contributed by atoms with Crippen LogP contribution in [0.5, 0.6) is 0 Å². The molecule has 4 nitrogen and oxygen atoms in total. The topological polar surface area (TPSA) is 46.1 Å². The Labute approximate surface area is 162 Å². The molecular formula is C22H19N3OS. The molecule has 0 radical (unpaired) electrons. The first-order valence-electron chi connectivity index (χ1n) is 8.72. The molecule has 3 aromatic heterocycles. The van der Waals surface area contributed by atoms with E-state index in [1.165, 1.54) is 10.4 Å². The number of fused-ring (bicyclic) bond motifs is 1. The van der Waals surface area contributed by atoms with Crippen molar-refractivity contribution in [3.05, 3.63) is 82.3 Å². The molecule has 5 heteroatoms. The monoisotopic (exact) mass is 373 g/mol. The summed E-state index contributed by atoms with van der Waals surface area (Å²) < 4.78 is 0. The highest BCUT2D eigenvalue weighted by Gasteiger charge is 2.18. The average molecular weight is 373 g/mol. The van der Waals surface area contributed by atoms with Crippen LogP contribution in [-0.4, -0.2) is 27.8 Å². The van der Waals surface area contributed by atoms with Gasteiger partial charge in [-0.3, -0.25) is 9.78 Å². The zero-order valence-electron chi connectivity index (χ0n) is 15.2. The van der Waals surface area contributed by atoms with Gasteiger partial charge in [0, 0.05) is 35.3 Å². The largest absolute Gasteiger partial charge is 0.337 e. The van der Waals surface area contributed by atoms with Crippen LogP contribution in [0, 0.1) is 6.92 Å². The molecule has 0 N–H and O–H groups in total. The fourth-order valence-electron chi connectivity index (χ4n) is 3.07. The minimum atomic E-state index is -0.00783. The van der Waals surface area contributed by atoms with Crippen molar-refractivity contribution in [1.29, 1.82) is 0 Å². The second-order valence-corrected chi connectivity index (χ2v) is 7.50. The lowest BCUT2D eigenvalue weighted by molar-refractivity contribution is 0.0788. The maximum atomic E-state index is 13.3. The van der Waals surface area contributed by atoms with Crippen molar-refractivity contribution in [1.82, 2.24) is 14.9 Å². The number of thiophene rings is 1. The van der Waals surface area contributed by atoms with E-state index < -0.39 is 0 Å². The van der Waals surface area contributed by atoms with Gasteiger partial charge in [0.05, 0.1) is 23.3 Å². The minimum absolute atomic E-state index is 0.00783. The van der Waals surface area contributed by atoms with E-state index in [0.29, 0.717) is 12.1 Å². The van der Waals surface area contributed by atoms with Crippen LogP contribution in [-0.2, 0) is 6.54 Å². The van der Waals surface area contributed by atoms with Gasteiger partial charge in [-0.1, -0.05) is 18.2 Å². The normalized spacial score (nSPS) is 10.9. The Bertz CT molecular complexity index is 1100. The van der Waals surface area contributed by atoms with Gasteiger partial charge in [-0.15, -0.1) is 11.3 Å². The van der Waals surface area contributed by atoms with Crippen molar-refractivity contribution in [3.63, 3.8) is 0 Å². The first-order valence-corrected chi connectivity index (χ1v) is 9.60. The van der Waals surface area contributed by atoms with Gasteiger partial charge in [0.15, 0.2) is 0 Å². The summed E-state index contributed by atoms with van der Waals surface area (Å²) in [4.78, 5) is 25.1. The molecular weight excluding hydrogens is 354 g/mol.